The van der Waals surface area contributed by atoms with Crippen molar-refractivity contribution in [2.75, 3.05) is 17.3 Å². The number of nitrogens with one attached hydrogen (secondary N) is 2. The summed E-state index contributed by atoms with van der Waals surface area (Å²) in [6.07, 6.45) is 1.44. The van der Waals surface area contributed by atoms with Crippen molar-refractivity contribution in [1.29, 1.82) is 0 Å². The number of hydrogen-bond acceptors (Lipinski definition) is 6. The third-order valence-electron chi connectivity index (χ3n) is 5.77. The van der Waals surface area contributed by atoms with Gasteiger partial charge in [0.25, 0.3) is 5.91 Å². The summed E-state index contributed by atoms with van der Waals surface area (Å²) in [6.45, 7) is 3.47. The lowest BCUT2D eigenvalue weighted by Gasteiger charge is -2.18. The predicted octanol–water partition coefficient (Wildman–Crippen LogP) is 5.03. The number of benzene rings is 2. The van der Waals surface area contributed by atoms with E-state index in [0.717, 1.165) is 5.56 Å². The summed E-state index contributed by atoms with van der Waals surface area (Å²) in [5.41, 5.74) is 2.48. The molecule has 11 heteroatoms. The highest BCUT2D eigenvalue weighted by molar-refractivity contribution is 6.40. The van der Waals surface area contributed by atoms with Crippen molar-refractivity contribution >= 4 is 64.3 Å². The molecular weight excluding hydrogens is 545 g/mol. The highest BCUT2D eigenvalue weighted by atomic mass is 35.5. The Kier molecular flexibility index (Phi) is 8.23. The number of rotatable bonds is 6. The molecule has 4 rings (SSSR count). The van der Waals surface area contributed by atoms with Crippen LogP contribution < -0.4 is 15.5 Å². The van der Waals surface area contributed by atoms with Gasteiger partial charge in [-0.3, -0.25) is 19.3 Å². The average molecular weight is 568 g/mol. The maximum absolute atomic E-state index is 13.4. The summed E-state index contributed by atoms with van der Waals surface area (Å²) in [4.78, 5) is 51.9. The second-order valence-electron chi connectivity index (χ2n) is 8.59. The summed E-state index contributed by atoms with van der Waals surface area (Å²) < 4.78 is 10.7. The van der Waals surface area contributed by atoms with Gasteiger partial charge in [0.2, 0.25) is 0 Å². The van der Waals surface area contributed by atoms with Crippen LogP contribution in [0.25, 0.3) is 6.08 Å². The molecule has 1 aromatic heterocycles. The van der Waals surface area contributed by atoms with E-state index in [1.807, 2.05) is 25.1 Å². The first kappa shape index (κ1) is 27.7. The number of nitrogens with zero attached hydrogens (tertiary/aromatic N) is 1. The van der Waals surface area contributed by atoms with Crippen molar-refractivity contribution in [3.05, 3.63) is 98.6 Å². The zero-order valence-electron chi connectivity index (χ0n) is 21.1. The van der Waals surface area contributed by atoms with Crippen LogP contribution >= 0.6 is 23.2 Å². The quantitative estimate of drug-likeness (QED) is 0.245. The highest BCUT2D eigenvalue weighted by Gasteiger charge is 2.38. The van der Waals surface area contributed by atoms with Gasteiger partial charge in [-0.1, -0.05) is 35.3 Å². The van der Waals surface area contributed by atoms with Gasteiger partial charge in [-0.05, 0) is 68.0 Å². The molecule has 0 radical (unpaired) electrons. The van der Waals surface area contributed by atoms with Crippen molar-refractivity contribution in [1.82, 2.24) is 5.32 Å². The van der Waals surface area contributed by atoms with Crippen LogP contribution in [-0.4, -0.2) is 30.8 Å². The lowest BCUT2D eigenvalue weighted by molar-refractivity contribution is -0.136. The number of carbonyl (C=O) groups is 4. The lowest BCUT2D eigenvalue weighted by Crippen LogP contribution is -2.34. The molecule has 2 N–H and O–H groups in total. The Bertz CT molecular complexity index is 1540. The van der Waals surface area contributed by atoms with Gasteiger partial charge >= 0.3 is 17.8 Å². The number of aryl methyl sites for hydroxylation is 1. The van der Waals surface area contributed by atoms with Crippen LogP contribution in [-0.2, 0) is 30.5 Å². The molecule has 3 amide bonds. The summed E-state index contributed by atoms with van der Waals surface area (Å²) in [6, 6.07) is 14.9. The first-order valence-electron chi connectivity index (χ1n) is 11.6. The molecule has 2 aromatic carbocycles. The second kappa shape index (κ2) is 11.6. The molecule has 1 aliphatic heterocycles. The molecule has 0 fully saturated rings. The SMILES string of the molecule is COC(=O)C1=C(C)N(c2cccc(C)c2)C(=O)/C1=C/c1ccc(CNC(=O)C(=O)Nc2cc(Cl)cc(Cl)c2)o1. The van der Waals surface area contributed by atoms with Gasteiger partial charge in [0.05, 0.1) is 24.8 Å². The number of amides is 3. The topological polar surface area (TPSA) is 118 Å². The van der Waals surface area contributed by atoms with Gasteiger partial charge in [-0.15, -0.1) is 0 Å². The number of furan rings is 1. The van der Waals surface area contributed by atoms with E-state index in [2.05, 4.69) is 10.6 Å². The standard InChI is InChI=1S/C28H23Cl2N3O6/c1-15-5-4-6-20(9-15)33-16(2)24(28(37)38-3)23(27(33)36)13-21-7-8-22(39-21)14-31-25(34)26(35)32-19-11-17(29)10-18(30)12-19/h4-13H,14H2,1-3H3,(H,31,34)(H,32,35)/b23-13+. The summed E-state index contributed by atoms with van der Waals surface area (Å²) in [5.74, 6) is -2.32. The minimum atomic E-state index is -0.918. The van der Waals surface area contributed by atoms with E-state index in [0.29, 0.717) is 27.2 Å². The maximum Gasteiger partial charge on any atom is 0.340 e. The molecule has 0 bridgehead atoms. The van der Waals surface area contributed by atoms with Crippen LogP contribution in [0.1, 0.15) is 24.0 Å². The number of esters is 1. The van der Waals surface area contributed by atoms with Gasteiger partial charge in [0.15, 0.2) is 0 Å². The normalized spacial score (nSPS) is 14.1. The number of hydrogen-bond donors (Lipinski definition) is 2. The van der Waals surface area contributed by atoms with E-state index in [1.54, 1.807) is 25.1 Å². The molecule has 39 heavy (non-hydrogen) atoms. The Hall–Kier alpha value is -4.34. The molecule has 0 aliphatic carbocycles. The van der Waals surface area contributed by atoms with Crippen molar-refractivity contribution in [2.45, 2.75) is 20.4 Å². The summed E-state index contributed by atoms with van der Waals surface area (Å²) in [7, 11) is 1.24. The number of carbonyl (C=O) groups excluding carboxylic acids is 4. The molecular formula is C28H23Cl2N3O6. The fraction of sp³-hybridized carbons (Fsp3) is 0.143. The lowest BCUT2D eigenvalue weighted by atomic mass is 10.1. The first-order chi connectivity index (χ1) is 18.6. The predicted molar refractivity (Wildman–Crippen MR) is 147 cm³/mol. The third-order valence-corrected chi connectivity index (χ3v) is 6.20. The highest BCUT2D eigenvalue weighted by Crippen LogP contribution is 2.35. The Balaban J connectivity index is 1.49. The Morgan fingerprint density at radius 1 is 1.00 bits per heavy atom. The van der Waals surface area contributed by atoms with Gasteiger partial charge in [0.1, 0.15) is 11.5 Å². The van der Waals surface area contributed by atoms with E-state index < -0.39 is 23.7 Å². The van der Waals surface area contributed by atoms with Gasteiger partial charge in [-0.25, -0.2) is 4.79 Å². The van der Waals surface area contributed by atoms with Crippen molar-refractivity contribution in [3.63, 3.8) is 0 Å². The molecule has 0 saturated heterocycles. The first-order valence-corrected chi connectivity index (χ1v) is 12.4. The number of methoxy groups -OCH3 is 1. The van der Waals surface area contributed by atoms with E-state index in [1.165, 1.54) is 36.3 Å². The zero-order chi connectivity index (χ0) is 28.3. The van der Waals surface area contributed by atoms with Gasteiger partial charge in [-0.2, -0.15) is 0 Å². The van der Waals surface area contributed by atoms with E-state index in [-0.39, 0.29) is 29.1 Å². The summed E-state index contributed by atoms with van der Waals surface area (Å²) in [5, 5.41) is 5.47. The minimum absolute atomic E-state index is 0.102. The molecule has 2 heterocycles. The monoisotopic (exact) mass is 567 g/mol. The van der Waals surface area contributed by atoms with Gasteiger partial charge < -0.3 is 19.8 Å². The van der Waals surface area contributed by atoms with Crippen LogP contribution in [0, 0.1) is 6.92 Å². The van der Waals surface area contributed by atoms with Crippen LogP contribution in [0.4, 0.5) is 11.4 Å². The van der Waals surface area contributed by atoms with Crippen molar-refractivity contribution < 1.29 is 28.3 Å². The smallest absolute Gasteiger partial charge is 0.340 e. The van der Waals surface area contributed by atoms with Crippen molar-refractivity contribution in [2.24, 2.45) is 0 Å². The number of anilines is 2. The van der Waals surface area contributed by atoms with E-state index in [4.69, 9.17) is 32.4 Å². The molecule has 3 aromatic rings. The molecule has 1 aliphatic rings. The Morgan fingerprint density at radius 3 is 2.38 bits per heavy atom. The van der Waals surface area contributed by atoms with Crippen LogP contribution in [0.2, 0.25) is 10.0 Å². The van der Waals surface area contributed by atoms with Crippen LogP contribution in [0.15, 0.2) is 75.9 Å². The fourth-order valence-corrected chi connectivity index (χ4v) is 4.55. The van der Waals surface area contributed by atoms with Crippen LogP contribution in [0.3, 0.4) is 0 Å². The molecule has 200 valence electrons. The number of allylic oxidation sites excluding steroid dienone is 1. The minimum Gasteiger partial charge on any atom is -0.465 e. The third kappa shape index (κ3) is 6.22. The Morgan fingerprint density at radius 2 is 1.72 bits per heavy atom. The molecule has 9 nitrogen and oxygen atoms in total. The molecule has 0 unspecified atom stereocenters. The molecule has 0 atom stereocenters. The number of halogens is 2. The Labute approximate surface area is 234 Å². The molecule has 0 spiro atoms. The van der Waals surface area contributed by atoms with Crippen molar-refractivity contribution in [3.8, 4) is 0 Å². The number of ether oxygens (including phenoxy) is 1. The second-order valence-corrected chi connectivity index (χ2v) is 9.46. The molecule has 0 saturated carbocycles. The zero-order valence-corrected chi connectivity index (χ0v) is 22.6. The van der Waals surface area contributed by atoms with E-state index >= 15 is 0 Å². The fourth-order valence-electron chi connectivity index (χ4n) is 4.03. The van der Waals surface area contributed by atoms with E-state index in [9.17, 15) is 19.2 Å². The van der Waals surface area contributed by atoms with Gasteiger partial charge in [0, 0.05) is 27.1 Å². The summed E-state index contributed by atoms with van der Waals surface area (Å²) >= 11 is 11.8. The largest absolute Gasteiger partial charge is 0.465 e. The average Bonchev–Trinajstić information content (AvgIpc) is 3.42. The maximum atomic E-state index is 13.4. The van der Waals surface area contributed by atoms with Crippen LogP contribution in [0.5, 0.6) is 0 Å².